The van der Waals surface area contributed by atoms with Crippen molar-refractivity contribution in [1.29, 1.82) is 0 Å². The van der Waals surface area contributed by atoms with Crippen LogP contribution in [0.2, 0.25) is 0 Å². The Morgan fingerprint density at radius 2 is 1.45 bits per heavy atom. The zero-order chi connectivity index (χ0) is 13.0. The molecule has 0 saturated heterocycles. The molecule has 0 aromatic rings. The highest BCUT2D eigenvalue weighted by Gasteiger charge is 2.37. The third-order valence-electron chi connectivity index (χ3n) is 2.87. The van der Waals surface area contributed by atoms with E-state index in [4.69, 9.17) is 15.3 Å². The van der Waals surface area contributed by atoms with Crippen LogP contribution in [-0.4, -0.2) is 80.9 Å². The minimum Gasteiger partial charge on any atom is -0.395 e. The summed E-state index contributed by atoms with van der Waals surface area (Å²) in [6, 6.07) is -1.40. The van der Waals surface area contributed by atoms with Gasteiger partial charge in [-0.15, -0.1) is 0 Å². The monoisotopic (exact) mass is 351 g/mol. The van der Waals surface area contributed by atoms with E-state index in [0.29, 0.717) is 0 Å². The van der Waals surface area contributed by atoms with E-state index in [-0.39, 0.29) is 59.3 Å². The molecule has 7 N–H and O–H groups in total. The molecule has 0 heterocycles. The molecule has 0 aromatic heterocycles. The summed E-state index contributed by atoms with van der Waals surface area (Å²) in [5.41, 5.74) is 0.190. The molecule has 20 heavy (non-hydrogen) atoms. The van der Waals surface area contributed by atoms with Crippen molar-refractivity contribution < 1.29 is 30.6 Å². The molecule has 0 bridgehead atoms. The lowest BCUT2D eigenvalue weighted by Gasteiger charge is -2.36. The molecule has 124 valence electrons. The largest absolute Gasteiger partial charge is 0.395 e. The van der Waals surface area contributed by atoms with Crippen molar-refractivity contribution in [3.8, 4) is 0 Å². The summed E-state index contributed by atoms with van der Waals surface area (Å²) in [5.74, 6) is 0. The zero-order valence-electron chi connectivity index (χ0n) is 10.8. The van der Waals surface area contributed by atoms with Crippen LogP contribution in [0.25, 0.3) is 0 Å². The molecule has 1 aliphatic carbocycles. The van der Waals surface area contributed by atoms with Crippen molar-refractivity contribution in [1.82, 2.24) is 5.32 Å². The van der Waals surface area contributed by atoms with Crippen LogP contribution < -0.4 is 5.32 Å². The molecule has 0 radical (unpaired) electrons. The molecule has 0 fully saturated rings. The van der Waals surface area contributed by atoms with Gasteiger partial charge in [0.2, 0.25) is 0 Å². The second kappa shape index (κ2) is 12.1. The molecule has 0 aromatic carbocycles. The Morgan fingerprint density at radius 1 is 0.950 bits per heavy atom. The van der Waals surface area contributed by atoms with E-state index in [2.05, 4.69) is 5.32 Å². The van der Waals surface area contributed by atoms with Crippen LogP contribution in [0.3, 0.4) is 0 Å². The van der Waals surface area contributed by atoms with Crippen LogP contribution in [-0.2, 0) is 0 Å². The van der Waals surface area contributed by atoms with Crippen LogP contribution in [0.4, 0.5) is 0 Å². The van der Waals surface area contributed by atoms with E-state index < -0.39 is 37.0 Å². The molecule has 0 aliphatic heterocycles. The molecular weight excluding hydrogens is 326 g/mol. The summed E-state index contributed by atoms with van der Waals surface area (Å²) in [6.45, 7) is -1.10. The third-order valence-corrected chi connectivity index (χ3v) is 2.87. The number of hydrogen-bond donors (Lipinski definition) is 7. The van der Waals surface area contributed by atoms with Gasteiger partial charge in [-0.2, -0.15) is 40.5 Å². The summed E-state index contributed by atoms with van der Waals surface area (Å²) >= 11 is 0. The first-order valence-electron chi connectivity index (χ1n) is 5.38. The zero-order valence-corrected chi connectivity index (χ0v) is 13.8. The van der Waals surface area contributed by atoms with Crippen molar-refractivity contribution in [3.63, 3.8) is 0 Å². The van der Waals surface area contributed by atoms with E-state index in [0.717, 1.165) is 0 Å². The van der Waals surface area contributed by atoms with Crippen LogP contribution in [0.15, 0.2) is 11.6 Å². The fraction of sp³-hybridized carbons (Fsp3) is 0.800. The summed E-state index contributed by atoms with van der Waals surface area (Å²) in [6.07, 6.45) is -2.62. The van der Waals surface area contributed by atoms with Gasteiger partial charge in [-0.1, -0.05) is 6.08 Å². The van der Waals surface area contributed by atoms with Crippen LogP contribution >= 0.6 is 40.5 Å². The standard InChI is InChI=1S/C10H19NO6.3H2S/c12-2-5-1-7(11-6(3-13)4-14)9(16)10(17)8(5)15;;;/h1,6-17H,2-4H2;3*1H2/t7-,8+,9-,10?;;;/m0.../s1. The van der Waals surface area contributed by atoms with Crippen molar-refractivity contribution in [3.05, 3.63) is 11.6 Å². The normalized spacial score (nSPS) is 28.9. The average molecular weight is 352 g/mol. The molecule has 1 unspecified atom stereocenters. The molecular formula is C10H25NO6S3. The third kappa shape index (κ3) is 6.10. The lowest BCUT2D eigenvalue weighted by molar-refractivity contribution is -0.0667. The van der Waals surface area contributed by atoms with Gasteiger partial charge >= 0.3 is 0 Å². The molecule has 0 spiro atoms. The van der Waals surface area contributed by atoms with E-state index in [9.17, 15) is 15.3 Å². The lowest BCUT2D eigenvalue weighted by atomic mass is 9.88. The summed E-state index contributed by atoms with van der Waals surface area (Å²) in [4.78, 5) is 0. The molecule has 0 amide bonds. The molecule has 10 heteroatoms. The number of nitrogens with one attached hydrogen (secondary N) is 1. The number of aliphatic hydroxyl groups is 6. The Labute approximate surface area is 138 Å². The first-order chi connectivity index (χ1) is 8.04. The molecule has 0 saturated carbocycles. The van der Waals surface area contributed by atoms with E-state index in [1.807, 2.05) is 0 Å². The van der Waals surface area contributed by atoms with Gasteiger partial charge in [-0.3, -0.25) is 0 Å². The summed E-state index contributed by atoms with van der Waals surface area (Å²) in [7, 11) is 0. The molecule has 1 aliphatic rings. The van der Waals surface area contributed by atoms with E-state index >= 15 is 0 Å². The quantitative estimate of drug-likeness (QED) is 0.257. The van der Waals surface area contributed by atoms with Crippen molar-refractivity contribution in [2.75, 3.05) is 19.8 Å². The predicted octanol–water partition coefficient (Wildman–Crippen LogP) is -3.35. The molecule has 1 rings (SSSR count). The van der Waals surface area contributed by atoms with Gasteiger partial charge in [-0.05, 0) is 5.57 Å². The summed E-state index contributed by atoms with van der Waals surface area (Å²) < 4.78 is 0. The SMILES string of the molecule is OCC1=C[C@H](NC(CO)CO)[C@H](O)C(O)[C@@H]1O.S.S.S. The van der Waals surface area contributed by atoms with Crippen molar-refractivity contribution in [2.24, 2.45) is 0 Å². The van der Waals surface area contributed by atoms with Gasteiger partial charge in [0.25, 0.3) is 0 Å². The van der Waals surface area contributed by atoms with Gasteiger partial charge in [0.15, 0.2) is 0 Å². The maximum absolute atomic E-state index is 9.70. The van der Waals surface area contributed by atoms with Crippen LogP contribution in [0.5, 0.6) is 0 Å². The van der Waals surface area contributed by atoms with E-state index in [1.54, 1.807) is 0 Å². The number of aliphatic hydroxyl groups excluding tert-OH is 6. The second-order valence-corrected chi connectivity index (χ2v) is 4.08. The Hall–Kier alpha value is 0.510. The highest BCUT2D eigenvalue weighted by molar-refractivity contribution is 7.59. The van der Waals surface area contributed by atoms with Gasteiger partial charge in [0.05, 0.1) is 31.9 Å². The minimum atomic E-state index is -1.42. The van der Waals surface area contributed by atoms with Crippen molar-refractivity contribution >= 4 is 40.5 Å². The maximum atomic E-state index is 9.70. The van der Waals surface area contributed by atoms with E-state index in [1.165, 1.54) is 6.08 Å². The second-order valence-electron chi connectivity index (χ2n) is 4.08. The molecule has 4 atom stereocenters. The topological polar surface area (TPSA) is 133 Å². The smallest absolute Gasteiger partial charge is 0.111 e. The summed E-state index contributed by atoms with van der Waals surface area (Å²) in [5, 5.41) is 58.3. The Balaban J connectivity index is -0.000000963. The first kappa shape index (κ1) is 25.5. The van der Waals surface area contributed by atoms with Crippen LogP contribution in [0, 0.1) is 0 Å². The fourth-order valence-electron chi connectivity index (χ4n) is 1.77. The highest BCUT2D eigenvalue weighted by atomic mass is 32.1. The molecule has 7 nitrogen and oxygen atoms in total. The van der Waals surface area contributed by atoms with Gasteiger partial charge in [0.1, 0.15) is 18.3 Å². The Morgan fingerprint density at radius 3 is 1.85 bits per heavy atom. The van der Waals surface area contributed by atoms with Crippen molar-refractivity contribution in [2.45, 2.75) is 30.4 Å². The minimum absolute atomic E-state index is 0. The lowest BCUT2D eigenvalue weighted by Crippen LogP contribution is -2.57. The first-order valence-corrected chi connectivity index (χ1v) is 5.38. The average Bonchev–Trinajstić information content (AvgIpc) is 2.35. The Bertz CT molecular complexity index is 280. The number of rotatable bonds is 5. The predicted molar refractivity (Wildman–Crippen MR) is 89.2 cm³/mol. The van der Waals surface area contributed by atoms with Crippen LogP contribution in [0.1, 0.15) is 0 Å². The Kier molecular flexibility index (Phi) is 15.4. The maximum Gasteiger partial charge on any atom is 0.111 e. The van der Waals surface area contributed by atoms with Gasteiger partial charge in [0, 0.05) is 0 Å². The van der Waals surface area contributed by atoms with Gasteiger partial charge < -0.3 is 36.0 Å². The van der Waals surface area contributed by atoms with Gasteiger partial charge in [-0.25, -0.2) is 0 Å². The number of hydrogen-bond acceptors (Lipinski definition) is 7. The highest BCUT2D eigenvalue weighted by Crippen LogP contribution is 2.20. The fourth-order valence-corrected chi connectivity index (χ4v) is 1.77.